The van der Waals surface area contributed by atoms with E-state index < -0.39 is 0 Å². The van der Waals surface area contributed by atoms with Gasteiger partial charge in [-0.25, -0.2) is 0 Å². The molecule has 2 aromatic rings. The Morgan fingerprint density at radius 2 is 2.42 bits per heavy atom. The quantitative estimate of drug-likeness (QED) is 0.851. The van der Waals surface area contributed by atoms with Crippen LogP contribution < -0.4 is 10.6 Å². The minimum Gasteiger partial charge on any atom is -0.359 e. The number of carbonyl (C=O) groups excluding carboxylic acids is 1. The van der Waals surface area contributed by atoms with Crippen molar-refractivity contribution in [3.8, 4) is 11.4 Å². The number of nitrogens with zero attached hydrogens (tertiary/aromatic N) is 3. The van der Waals surface area contributed by atoms with Crippen LogP contribution in [0.1, 0.15) is 5.76 Å². The van der Waals surface area contributed by atoms with Crippen LogP contribution in [0.2, 0.25) is 0 Å². The number of likely N-dealkylation sites (tertiary alicyclic amines) is 1. The molecule has 7 heteroatoms. The Balaban J connectivity index is 1.42. The molecule has 7 nitrogen and oxygen atoms in total. The van der Waals surface area contributed by atoms with Crippen molar-refractivity contribution in [1.82, 2.24) is 25.7 Å². The third-order valence-corrected chi connectivity index (χ3v) is 5.06. The van der Waals surface area contributed by atoms with Crippen LogP contribution in [0.3, 0.4) is 0 Å². The Labute approximate surface area is 140 Å². The average molecular weight is 327 g/mol. The zero-order valence-corrected chi connectivity index (χ0v) is 13.7. The predicted octanol–water partition coefficient (Wildman–Crippen LogP) is 0.504. The molecule has 4 heterocycles. The highest BCUT2D eigenvalue weighted by Gasteiger charge is 2.53. The maximum absolute atomic E-state index is 12.8. The Kier molecular flexibility index (Phi) is 3.82. The van der Waals surface area contributed by atoms with Gasteiger partial charge in [0.05, 0.1) is 17.7 Å². The maximum Gasteiger partial charge on any atom is 0.229 e. The van der Waals surface area contributed by atoms with Crippen molar-refractivity contribution >= 4 is 5.91 Å². The van der Waals surface area contributed by atoms with E-state index in [1.165, 1.54) is 0 Å². The first-order valence-electron chi connectivity index (χ1n) is 8.22. The van der Waals surface area contributed by atoms with E-state index in [1.54, 1.807) is 6.20 Å². The summed E-state index contributed by atoms with van der Waals surface area (Å²) in [5, 5.41) is 10.4. The van der Waals surface area contributed by atoms with Gasteiger partial charge in [0, 0.05) is 44.4 Å². The molecule has 2 aliphatic heterocycles. The lowest BCUT2D eigenvalue weighted by Crippen LogP contribution is -2.46. The smallest absolute Gasteiger partial charge is 0.229 e. The van der Waals surface area contributed by atoms with E-state index in [4.69, 9.17) is 4.52 Å². The van der Waals surface area contributed by atoms with Crippen LogP contribution in [0, 0.1) is 11.3 Å². The Hall–Kier alpha value is -2.25. The van der Waals surface area contributed by atoms with Crippen LogP contribution in [0.5, 0.6) is 0 Å². The van der Waals surface area contributed by atoms with Crippen LogP contribution in [0.25, 0.3) is 11.4 Å². The Bertz CT molecular complexity index is 732. The van der Waals surface area contributed by atoms with E-state index in [-0.39, 0.29) is 11.3 Å². The molecule has 24 heavy (non-hydrogen) atoms. The van der Waals surface area contributed by atoms with Gasteiger partial charge in [0.1, 0.15) is 5.69 Å². The summed E-state index contributed by atoms with van der Waals surface area (Å²) in [5.74, 6) is 1.10. The lowest BCUT2D eigenvalue weighted by atomic mass is 9.80. The number of carbonyl (C=O) groups is 1. The van der Waals surface area contributed by atoms with Crippen molar-refractivity contribution in [2.75, 3.05) is 33.2 Å². The fraction of sp³-hybridized carbons (Fsp3) is 0.471. The first-order chi connectivity index (χ1) is 11.7. The fourth-order valence-corrected chi connectivity index (χ4v) is 3.87. The Morgan fingerprint density at radius 3 is 3.25 bits per heavy atom. The standard InChI is InChI=1S/C17H21N5O2/c1-22-9-12-7-18-10-17(12,11-22)16(23)20-8-13-6-15(21-24-13)14-4-2-3-5-19-14/h2-6,12,18H,7-11H2,1H3,(H,20,23)/t12-,17-/m1/s1. The maximum atomic E-state index is 12.8. The van der Waals surface area contributed by atoms with Crippen molar-refractivity contribution < 1.29 is 9.32 Å². The predicted molar refractivity (Wildman–Crippen MR) is 87.9 cm³/mol. The molecule has 4 rings (SSSR count). The highest BCUT2D eigenvalue weighted by atomic mass is 16.5. The first kappa shape index (κ1) is 15.3. The van der Waals surface area contributed by atoms with E-state index in [9.17, 15) is 4.79 Å². The summed E-state index contributed by atoms with van der Waals surface area (Å²) < 4.78 is 5.33. The van der Waals surface area contributed by atoms with Gasteiger partial charge in [0.15, 0.2) is 5.76 Å². The lowest BCUT2D eigenvalue weighted by Gasteiger charge is -2.26. The number of amides is 1. The molecular weight excluding hydrogens is 306 g/mol. The van der Waals surface area contributed by atoms with E-state index in [1.807, 2.05) is 24.3 Å². The highest BCUT2D eigenvalue weighted by molar-refractivity contribution is 5.84. The first-order valence-corrected chi connectivity index (χ1v) is 8.22. The van der Waals surface area contributed by atoms with E-state index in [2.05, 4.69) is 32.7 Å². The van der Waals surface area contributed by atoms with Gasteiger partial charge in [0.2, 0.25) is 5.91 Å². The molecule has 0 spiro atoms. The minimum absolute atomic E-state index is 0.0950. The number of nitrogens with one attached hydrogen (secondary N) is 2. The molecule has 2 N–H and O–H groups in total. The molecule has 1 amide bonds. The van der Waals surface area contributed by atoms with E-state index in [0.29, 0.717) is 23.9 Å². The van der Waals surface area contributed by atoms with Crippen LogP contribution >= 0.6 is 0 Å². The average Bonchev–Trinajstić information content (AvgIpc) is 3.27. The number of fused-ring (bicyclic) bond motifs is 1. The van der Waals surface area contributed by atoms with Crippen LogP contribution in [-0.2, 0) is 11.3 Å². The molecule has 0 saturated carbocycles. The van der Waals surface area contributed by atoms with Gasteiger partial charge in [-0.2, -0.15) is 0 Å². The molecule has 2 fully saturated rings. The summed E-state index contributed by atoms with van der Waals surface area (Å²) in [6.45, 7) is 3.75. The normalized spacial score (nSPS) is 26.5. The summed E-state index contributed by atoms with van der Waals surface area (Å²) in [5.41, 5.74) is 1.12. The number of hydrogen-bond acceptors (Lipinski definition) is 6. The Morgan fingerprint density at radius 1 is 1.50 bits per heavy atom. The zero-order chi connectivity index (χ0) is 16.6. The van der Waals surface area contributed by atoms with Crippen LogP contribution in [0.15, 0.2) is 35.0 Å². The molecule has 126 valence electrons. The van der Waals surface area contributed by atoms with Gasteiger partial charge >= 0.3 is 0 Å². The van der Waals surface area contributed by atoms with Crippen molar-refractivity contribution in [2.45, 2.75) is 6.54 Å². The van der Waals surface area contributed by atoms with E-state index >= 15 is 0 Å². The molecule has 0 aromatic carbocycles. The molecule has 2 aromatic heterocycles. The highest BCUT2D eigenvalue weighted by Crippen LogP contribution is 2.38. The summed E-state index contributed by atoms with van der Waals surface area (Å²) in [6, 6.07) is 7.46. The molecule has 2 atom stereocenters. The molecule has 0 radical (unpaired) electrons. The molecule has 0 bridgehead atoms. The van der Waals surface area contributed by atoms with Crippen molar-refractivity contribution in [2.24, 2.45) is 11.3 Å². The van der Waals surface area contributed by atoms with Gasteiger partial charge in [-0.15, -0.1) is 0 Å². The van der Waals surface area contributed by atoms with Gasteiger partial charge < -0.3 is 20.1 Å². The van der Waals surface area contributed by atoms with Crippen molar-refractivity contribution in [3.63, 3.8) is 0 Å². The fourth-order valence-electron chi connectivity index (χ4n) is 3.87. The molecule has 0 unspecified atom stereocenters. The number of hydrogen-bond donors (Lipinski definition) is 2. The summed E-state index contributed by atoms with van der Waals surface area (Å²) >= 11 is 0. The SMILES string of the molecule is CN1C[C@H]2CNC[C@@]2(C(=O)NCc2cc(-c3ccccn3)no2)C1. The molecular formula is C17H21N5O2. The minimum atomic E-state index is -0.321. The summed E-state index contributed by atoms with van der Waals surface area (Å²) in [4.78, 5) is 19.3. The van der Waals surface area contributed by atoms with Gasteiger partial charge in [0.25, 0.3) is 0 Å². The molecule has 2 saturated heterocycles. The largest absolute Gasteiger partial charge is 0.359 e. The number of aromatic nitrogens is 2. The van der Waals surface area contributed by atoms with Crippen LogP contribution in [0.4, 0.5) is 0 Å². The summed E-state index contributed by atoms with van der Waals surface area (Å²) in [6.07, 6.45) is 1.72. The lowest BCUT2D eigenvalue weighted by molar-refractivity contribution is -0.131. The van der Waals surface area contributed by atoms with Crippen LogP contribution in [-0.4, -0.2) is 54.2 Å². The number of rotatable bonds is 4. The second kappa shape index (κ2) is 5.99. The topological polar surface area (TPSA) is 83.3 Å². The number of pyridine rings is 1. The molecule has 2 aliphatic rings. The van der Waals surface area contributed by atoms with E-state index in [0.717, 1.165) is 31.9 Å². The van der Waals surface area contributed by atoms with Crippen molar-refractivity contribution in [1.29, 1.82) is 0 Å². The monoisotopic (exact) mass is 327 g/mol. The van der Waals surface area contributed by atoms with Crippen molar-refractivity contribution in [3.05, 3.63) is 36.2 Å². The summed E-state index contributed by atoms with van der Waals surface area (Å²) in [7, 11) is 2.07. The van der Waals surface area contributed by atoms with Gasteiger partial charge in [-0.1, -0.05) is 11.2 Å². The van der Waals surface area contributed by atoms with Gasteiger partial charge in [-0.3, -0.25) is 9.78 Å². The second-order valence-electron chi connectivity index (χ2n) is 6.76. The third-order valence-electron chi connectivity index (χ3n) is 5.06. The van der Waals surface area contributed by atoms with Gasteiger partial charge in [-0.05, 0) is 19.2 Å². The zero-order valence-electron chi connectivity index (χ0n) is 13.7. The third kappa shape index (κ3) is 2.59. The second-order valence-corrected chi connectivity index (χ2v) is 6.76. The molecule has 0 aliphatic carbocycles.